The molecule has 3 aromatic rings. The van der Waals surface area contributed by atoms with Gasteiger partial charge >= 0.3 is 6.09 Å². The Labute approximate surface area is 148 Å². The van der Waals surface area contributed by atoms with E-state index in [-0.39, 0.29) is 13.1 Å². The molecule has 1 aliphatic rings. The molecule has 0 saturated carbocycles. The van der Waals surface area contributed by atoms with Crippen molar-refractivity contribution in [3.63, 3.8) is 0 Å². The maximum Gasteiger partial charge on any atom is 0.409 e. The fraction of sp³-hybridized carbons (Fsp3) is 0.316. The average Bonchev–Trinajstić information content (AvgIpc) is 2.89. The first kappa shape index (κ1) is 16.8. The molecule has 0 radical (unpaired) electrons. The molecular formula is C19H18F2N2O3. The van der Waals surface area contributed by atoms with Crippen LogP contribution in [0.15, 0.2) is 36.4 Å². The van der Waals surface area contributed by atoms with Gasteiger partial charge in [0.2, 0.25) is 0 Å². The number of benzene rings is 2. The van der Waals surface area contributed by atoms with Crippen LogP contribution in [0.25, 0.3) is 21.8 Å². The van der Waals surface area contributed by atoms with Crippen molar-refractivity contribution < 1.29 is 23.4 Å². The molecule has 0 spiro atoms. The van der Waals surface area contributed by atoms with Crippen molar-refractivity contribution in [2.45, 2.75) is 19.1 Å². The lowest BCUT2D eigenvalue weighted by Crippen LogP contribution is -2.43. The molecule has 1 amide bonds. The van der Waals surface area contributed by atoms with Crippen LogP contribution < -0.4 is 0 Å². The van der Waals surface area contributed by atoms with Gasteiger partial charge in [-0.2, -0.15) is 0 Å². The number of cyclic esters (lactones) is 1. The smallest absolute Gasteiger partial charge is 0.409 e. The van der Waals surface area contributed by atoms with Crippen LogP contribution >= 0.6 is 0 Å². The second-order valence-electron chi connectivity index (χ2n) is 6.50. The third-order valence-electron chi connectivity index (χ3n) is 4.67. The summed E-state index contributed by atoms with van der Waals surface area (Å²) in [6.45, 7) is 1.28. The third kappa shape index (κ3) is 2.99. The van der Waals surface area contributed by atoms with E-state index in [0.717, 1.165) is 6.42 Å². The lowest BCUT2D eigenvalue weighted by Gasteiger charge is -2.28. The molecule has 0 bridgehead atoms. The van der Waals surface area contributed by atoms with Crippen LogP contribution in [0, 0.1) is 11.6 Å². The van der Waals surface area contributed by atoms with Crippen LogP contribution in [0.4, 0.5) is 13.6 Å². The van der Waals surface area contributed by atoms with Gasteiger partial charge in [-0.3, -0.25) is 0 Å². The summed E-state index contributed by atoms with van der Waals surface area (Å²) < 4.78 is 34.2. The third-order valence-corrected chi connectivity index (χ3v) is 4.67. The van der Waals surface area contributed by atoms with Gasteiger partial charge in [0.1, 0.15) is 11.6 Å². The number of hydrogen-bond donors (Lipinski definition) is 1. The molecule has 1 saturated heterocycles. The van der Waals surface area contributed by atoms with Gasteiger partial charge in [0.25, 0.3) is 0 Å². The second kappa shape index (κ2) is 6.57. The highest BCUT2D eigenvalue weighted by Gasteiger charge is 2.23. The Morgan fingerprint density at radius 1 is 1.04 bits per heavy atom. The highest BCUT2D eigenvalue weighted by atomic mass is 19.1. The summed E-state index contributed by atoms with van der Waals surface area (Å²) in [5.74, 6) is -0.810. The average molecular weight is 360 g/mol. The first-order chi connectivity index (χ1) is 12.5. The monoisotopic (exact) mass is 360 g/mol. The standard InChI is InChI=1S/C19H18F2N2O3/c20-12-2-4-17-15(8-12)16-9-13(21)3-5-18(16)23(17)11-14(24)10-22-6-1-7-26-19(22)25/h2-5,8-9,14,24H,1,6-7,10-11H2. The molecule has 1 fully saturated rings. The summed E-state index contributed by atoms with van der Waals surface area (Å²) in [5, 5.41) is 11.7. The minimum Gasteiger partial charge on any atom is -0.449 e. The number of fused-ring (bicyclic) bond motifs is 3. The molecular weight excluding hydrogens is 342 g/mol. The Morgan fingerprint density at radius 3 is 2.23 bits per heavy atom. The number of rotatable bonds is 4. The Morgan fingerprint density at radius 2 is 1.65 bits per heavy atom. The van der Waals surface area contributed by atoms with Crippen molar-refractivity contribution in [1.29, 1.82) is 0 Å². The van der Waals surface area contributed by atoms with Gasteiger partial charge in [-0.1, -0.05) is 0 Å². The first-order valence-electron chi connectivity index (χ1n) is 8.50. The number of aliphatic hydroxyl groups is 1. The molecule has 1 aromatic heterocycles. The zero-order valence-electron chi connectivity index (χ0n) is 14.0. The van der Waals surface area contributed by atoms with E-state index < -0.39 is 23.8 Å². The Bertz CT molecular complexity index is 926. The SMILES string of the molecule is O=C1OCCCN1CC(O)Cn1c2ccc(F)cc2c2cc(F)ccc21. The Balaban J connectivity index is 1.69. The topological polar surface area (TPSA) is 54.7 Å². The number of β-amino-alcohol motifs (C(OH)–C–C–N with tert-alkyl or cyclic N) is 1. The van der Waals surface area contributed by atoms with Crippen LogP contribution in [0.2, 0.25) is 0 Å². The molecule has 4 rings (SSSR count). The highest BCUT2D eigenvalue weighted by Crippen LogP contribution is 2.30. The summed E-state index contributed by atoms with van der Waals surface area (Å²) in [5.41, 5.74) is 1.40. The maximum atomic E-state index is 13.7. The molecule has 0 aliphatic carbocycles. The number of carbonyl (C=O) groups excluding carboxylic acids is 1. The fourth-order valence-electron chi connectivity index (χ4n) is 3.53. The van der Waals surface area contributed by atoms with Gasteiger partial charge in [-0.25, -0.2) is 13.6 Å². The van der Waals surface area contributed by atoms with Crippen molar-refractivity contribution in [3.8, 4) is 0 Å². The second-order valence-corrected chi connectivity index (χ2v) is 6.50. The molecule has 136 valence electrons. The molecule has 1 unspecified atom stereocenters. The molecule has 2 aromatic carbocycles. The van der Waals surface area contributed by atoms with Gasteiger partial charge in [-0.15, -0.1) is 0 Å². The number of aliphatic hydroxyl groups excluding tert-OH is 1. The van der Waals surface area contributed by atoms with E-state index in [1.165, 1.54) is 29.2 Å². The normalized spacial score (nSPS) is 16.3. The minimum absolute atomic E-state index is 0.141. The van der Waals surface area contributed by atoms with Crippen molar-refractivity contribution in [1.82, 2.24) is 9.47 Å². The number of amides is 1. The van der Waals surface area contributed by atoms with Gasteiger partial charge < -0.3 is 19.3 Å². The predicted molar refractivity (Wildman–Crippen MR) is 92.9 cm³/mol. The van der Waals surface area contributed by atoms with Crippen molar-refractivity contribution in [3.05, 3.63) is 48.0 Å². The largest absolute Gasteiger partial charge is 0.449 e. The van der Waals surface area contributed by atoms with E-state index in [4.69, 9.17) is 4.74 Å². The van der Waals surface area contributed by atoms with E-state index in [1.807, 2.05) is 4.57 Å². The minimum atomic E-state index is -0.838. The summed E-state index contributed by atoms with van der Waals surface area (Å²) >= 11 is 0. The van der Waals surface area contributed by atoms with Gasteiger partial charge in [0.15, 0.2) is 0 Å². The van der Waals surface area contributed by atoms with Gasteiger partial charge in [0, 0.05) is 28.4 Å². The van der Waals surface area contributed by atoms with Gasteiger partial charge in [0.05, 0.1) is 25.8 Å². The maximum absolute atomic E-state index is 13.7. The number of hydrogen-bond acceptors (Lipinski definition) is 3. The van der Waals surface area contributed by atoms with Crippen LogP contribution in [-0.4, -0.2) is 46.5 Å². The molecule has 1 N–H and O–H groups in total. The molecule has 1 atom stereocenters. The summed E-state index contributed by atoms with van der Waals surface area (Å²) in [6, 6.07) is 8.63. The number of ether oxygens (including phenoxy) is 1. The number of aromatic nitrogens is 1. The lowest BCUT2D eigenvalue weighted by atomic mass is 10.1. The lowest BCUT2D eigenvalue weighted by molar-refractivity contribution is 0.0441. The van der Waals surface area contributed by atoms with Crippen LogP contribution in [0.5, 0.6) is 0 Å². The van der Waals surface area contributed by atoms with E-state index >= 15 is 0 Å². The number of nitrogens with zero attached hydrogens (tertiary/aromatic N) is 2. The number of carbonyl (C=O) groups is 1. The fourth-order valence-corrected chi connectivity index (χ4v) is 3.53. The predicted octanol–water partition coefficient (Wildman–Crippen LogP) is 3.28. The van der Waals surface area contributed by atoms with E-state index in [9.17, 15) is 18.7 Å². The Hall–Kier alpha value is -2.67. The van der Waals surface area contributed by atoms with Crippen LogP contribution in [0.3, 0.4) is 0 Å². The van der Waals surface area contributed by atoms with Crippen molar-refractivity contribution >= 4 is 27.9 Å². The molecule has 2 heterocycles. The summed E-state index contributed by atoms with van der Waals surface area (Å²) in [7, 11) is 0. The van der Waals surface area contributed by atoms with Crippen molar-refractivity contribution in [2.24, 2.45) is 0 Å². The first-order valence-corrected chi connectivity index (χ1v) is 8.50. The van der Waals surface area contributed by atoms with E-state index in [1.54, 1.807) is 12.1 Å². The Kier molecular flexibility index (Phi) is 4.24. The summed E-state index contributed by atoms with van der Waals surface area (Å²) in [6.07, 6.45) is -0.539. The zero-order valence-corrected chi connectivity index (χ0v) is 14.0. The molecule has 26 heavy (non-hydrogen) atoms. The summed E-state index contributed by atoms with van der Waals surface area (Å²) in [4.78, 5) is 13.2. The number of halogens is 2. The molecule has 5 nitrogen and oxygen atoms in total. The zero-order chi connectivity index (χ0) is 18.3. The van der Waals surface area contributed by atoms with Crippen molar-refractivity contribution in [2.75, 3.05) is 19.7 Å². The van der Waals surface area contributed by atoms with Crippen LogP contribution in [-0.2, 0) is 11.3 Å². The van der Waals surface area contributed by atoms with Crippen LogP contribution in [0.1, 0.15) is 6.42 Å². The van der Waals surface area contributed by atoms with E-state index in [0.29, 0.717) is 35.0 Å². The molecule has 7 heteroatoms. The van der Waals surface area contributed by atoms with Gasteiger partial charge in [-0.05, 0) is 42.8 Å². The molecule has 1 aliphatic heterocycles. The quantitative estimate of drug-likeness (QED) is 0.777. The highest BCUT2D eigenvalue weighted by molar-refractivity contribution is 6.08. The van der Waals surface area contributed by atoms with E-state index in [2.05, 4.69) is 0 Å².